The van der Waals surface area contributed by atoms with E-state index in [0.717, 1.165) is 12.0 Å². The van der Waals surface area contributed by atoms with Gasteiger partial charge in [-0.1, -0.05) is 70.2 Å². The molecular formula is C28H29NO2. The molecule has 3 aromatic carbocycles. The molecule has 0 atom stereocenters. The lowest BCUT2D eigenvalue weighted by atomic mass is 9.82. The fourth-order valence-corrected chi connectivity index (χ4v) is 4.74. The first-order valence-electron chi connectivity index (χ1n) is 10.6. The number of esters is 1. The largest absolute Gasteiger partial charge is 0.423 e. The molecule has 0 heterocycles. The van der Waals surface area contributed by atoms with Crippen molar-refractivity contribution in [3.05, 3.63) is 94.5 Å². The summed E-state index contributed by atoms with van der Waals surface area (Å²) in [5.74, 6) is 0.0923. The second kappa shape index (κ2) is 7.73. The van der Waals surface area contributed by atoms with Gasteiger partial charge in [-0.2, -0.15) is 0 Å². The Hall–Kier alpha value is -3.33. The zero-order chi connectivity index (χ0) is 22.2. The van der Waals surface area contributed by atoms with Gasteiger partial charge in [0.25, 0.3) is 0 Å². The molecule has 158 valence electrons. The van der Waals surface area contributed by atoms with E-state index in [2.05, 4.69) is 58.0 Å². The Labute approximate surface area is 184 Å². The fraction of sp³-hybridized carbons (Fsp3) is 0.250. The average molecular weight is 412 g/mol. The molecule has 2 N–H and O–H groups in total. The van der Waals surface area contributed by atoms with Gasteiger partial charge in [-0.25, -0.2) is 4.79 Å². The molecule has 1 aliphatic carbocycles. The van der Waals surface area contributed by atoms with E-state index in [4.69, 9.17) is 10.5 Å². The molecule has 0 radical (unpaired) electrons. The molecular weight excluding hydrogens is 382 g/mol. The van der Waals surface area contributed by atoms with Gasteiger partial charge in [-0.05, 0) is 75.9 Å². The quantitative estimate of drug-likeness (QED) is 0.227. The van der Waals surface area contributed by atoms with E-state index in [1.54, 1.807) is 36.4 Å². The van der Waals surface area contributed by atoms with Crippen molar-refractivity contribution in [2.24, 2.45) is 0 Å². The highest BCUT2D eigenvalue weighted by Crippen LogP contribution is 2.49. The van der Waals surface area contributed by atoms with Crippen LogP contribution in [0.25, 0.3) is 12.2 Å². The van der Waals surface area contributed by atoms with E-state index >= 15 is 0 Å². The van der Waals surface area contributed by atoms with Crippen molar-refractivity contribution in [3.63, 3.8) is 0 Å². The van der Waals surface area contributed by atoms with Crippen LogP contribution in [0.4, 0.5) is 5.69 Å². The molecule has 0 saturated heterocycles. The summed E-state index contributed by atoms with van der Waals surface area (Å²) in [6, 6.07) is 21.0. The number of fused-ring (bicyclic) bond motifs is 1. The molecule has 0 saturated carbocycles. The SMILES string of the molecule is CC1(C)CC(C)(C)c2cc(C=Cc3ccc(C(=O)Oc4ccc(N)cc4)cc3)ccc21. The smallest absolute Gasteiger partial charge is 0.343 e. The van der Waals surface area contributed by atoms with Gasteiger partial charge in [-0.15, -0.1) is 0 Å². The summed E-state index contributed by atoms with van der Waals surface area (Å²) in [5, 5.41) is 0. The molecule has 0 aromatic heterocycles. The number of hydrogen-bond acceptors (Lipinski definition) is 3. The summed E-state index contributed by atoms with van der Waals surface area (Å²) in [5.41, 5.74) is 12.3. The van der Waals surface area contributed by atoms with Crippen LogP contribution in [0, 0.1) is 0 Å². The Morgan fingerprint density at radius 2 is 1.39 bits per heavy atom. The van der Waals surface area contributed by atoms with Gasteiger partial charge in [0, 0.05) is 5.69 Å². The Morgan fingerprint density at radius 3 is 2.06 bits per heavy atom. The van der Waals surface area contributed by atoms with E-state index < -0.39 is 0 Å². The third-order valence-corrected chi connectivity index (χ3v) is 6.09. The van der Waals surface area contributed by atoms with Crippen molar-refractivity contribution in [2.75, 3.05) is 5.73 Å². The highest BCUT2D eigenvalue weighted by molar-refractivity contribution is 5.91. The van der Waals surface area contributed by atoms with Gasteiger partial charge >= 0.3 is 5.97 Å². The maximum Gasteiger partial charge on any atom is 0.343 e. The summed E-state index contributed by atoms with van der Waals surface area (Å²) in [4.78, 5) is 12.3. The number of hydrogen-bond donors (Lipinski definition) is 1. The van der Waals surface area contributed by atoms with Crippen molar-refractivity contribution in [1.29, 1.82) is 0 Å². The summed E-state index contributed by atoms with van der Waals surface area (Å²) < 4.78 is 5.39. The minimum atomic E-state index is -0.385. The van der Waals surface area contributed by atoms with Crippen molar-refractivity contribution in [1.82, 2.24) is 0 Å². The normalized spacial score (nSPS) is 16.3. The summed E-state index contributed by atoms with van der Waals surface area (Å²) in [6.45, 7) is 9.32. The number of nitrogen functional groups attached to an aromatic ring is 1. The summed E-state index contributed by atoms with van der Waals surface area (Å²) in [7, 11) is 0. The first-order chi connectivity index (χ1) is 14.6. The van der Waals surface area contributed by atoms with Gasteiger partial charge in [0.1, 0.15) is 5.75 Å². The number of carbonyl (C=O) groups is 1. The number of nitrogens with two attached hydrogens (primary N) is 1. The average Bonchev–Trinajstić information content (AvgIpc) is 2.92. The minimum absolute atomic E-state index is 0.190. The minimum Gasteiger partial charge on any atom is -0.423 e. The third kappa shape index (κ3) is 4.41. The first-order valence-corrected chi connectivity index (χ1v) is 10.6. The number of rotatable bonds is 4. The van der Waals surface area contributed by atoms with E-state index in [1.807, 2.05) is 12.1 Å². The molecule has 31 heavy (non-hydrogen) atoms. The predicted molar refractivity (Wildman–Crippen MR) is 128 cm³/mol. The zero-order valence-corrected chi connectivity index (χ0v) is 18.6. The predicted octanol–water partition coefficient (Wildman–Crippen LogP) is 6.62. The third-order valence-electron chi connectivity index (χ3n) is 6.09. The highest BCUT2D eigenvalue weighted by Gasteiger charge is 2.41. The molecule has 0 unspecified atom stereocenters. The Balaban J connectivity index is 1.47. The van der Waals surface area contributed by atoms with Crippen LogP contribution in [0.5, 0.6) is 5.75 Å². The molecule has 3 heteroatoms. The van der Waals surface area contributed by atoms with Gasteiger partial charge in [0.2, 0.25) is 0 Å². The highest BCUT2D eigenvalue weighted by atomic mass is 16.5. The standard InChI is InChI=1S/C28H29NO2/c1-27(2)18-28(3,4)25-17-20(9-16-24(25)27)6-5-19-7-10-21(11-8-19)26(30)31-23-14-12-22(29)13-15-23/h5-17H,18,29H2,1-4H3. The molecule has 0 amide bonds. The maximum absolute atomic E-state index is 12.3. The second-order valence-corrected chi connectivity index (χ2v) is 9.66. The lowest BCUT2D eigenvalue weighted by Gasteiger charge is -2.22. The van der Waals surface area contributed by atoms with Crippen LogP contribution in [-0.4, -0.2) is 5.97 Å². The Bertz CT molecular complexity index is 1140. The van der Waals surface area contributed by atoms with Crippen molar-refractivity contribution < 1.29 is 9.53 Å². The van der Waals surface area contributed by atoms with Crippen LogP contribution in [-0.2, 0) is 10.8 Å². The lowest BCUT2D eigenvalue weighted by molar-refractivity contribution is 0.0735. The number of benzene rings is 3. The van der Waals surface area contributed by atoms with E-state index in [-0.39, 0.29) is 16.8 Å². The van der Waals surface area contributed by atoms with Crippen LogP contribution in [0.1, 0.15) is 66.7 Å². The Kier molecular flexibility index (Phi) is 5.22. The van der Waals surface area contributed by atoms with Crippen molar-refractivity contribution >= 4 is 23.8 Å². The number of anilines is 1. The molecule has 0 spiro atoms. The monoisotopic (exact) mass is 411 g/mol. The van der Waals surface area contributed by atoms with Gasteiger partial charge < -0.3 is 10.5 Å². The molecule has 3 nitrogen and oxygen atoms in total. The molecule has 4 rings (SSSR count). The van der Waals surface area contributed by atoms with Crippen LogP contribution in [0.2, 0.25) is 0 Å². The van der Waals surface area contributed by atoms with Gasteiger partial charge in [0.05, 0.1) is 5.56 Å². The number of carbonyl (C=O) groups excluding carboxylic acids is 1. The van der Waals surface area contributed by atoms with Crippen LogP contribution in [0.3, 0.4) is 0 Å². The topological polar surface area (TPSA) is 52.3 Å². The molecule has 1 aliphatic rings. The van der Waals surface area contributed by atoms with Crippen molar-refractivity contribution in [3.8, 4) is 5.75 Å². The van der Waals surface area contributed by atoms with Crippen LogP contribution in [0.15, 0.2) is 66.7 Å². The molecule has 0 bridgehead atoms. The summed E-state index contributed by atoms with van der Waals surface area (Å²) >= 11 is 0. The van der Waals surface area contributed by atoms with E-state index in [0.29, 0.717) is 17.0 Å². The van der Waals surface area contributed by atoms with E-state index in [9.17, 15) is 4.79 Å². The second-order valence-electron chi connectivity index (χ2n) is 9.66. The van der Waals surface area contributed by atoms with Gasteiger partial charge in [-0.3, -0.25) is 0 Å². The molecule has 0 fully saturated rings. The maximum atomic E-state index is 12.3. The van der Waals surface area contributed by atoms with Crippen LogP contribution >= 0.6 is 0 Å². The summed E-state index contributed by atoms with van der Waals surface area (Å²) in [6.07, 6.45) is 5.36. The Morgan fingerprint density at radius 1 is 0.806 bits per heavy atom. The first kappa shape index (κ1) is 20.9. The van der Waals surface area contributed by atoms with Crippen molar-refractivity contribution in [2.45, 2.75) is 44.9 Å². The fourth-order valence-electron chi connectivity index (χ4n) is 4.74. The van der Waals surface area contributed by atoms with Crippen LogP contribution < -0.4 is 10.5 Å². The molecule has 0 aliphatic heterocycles. The van der Waals surface area contributed by atoms with E-state index in [1.165, 1.54) is 16.7 Å². The zero-order valence-electron chi connectivity index (χ0n) is 18.6. The number of ether oxygens (including phenoxy) is 1. The lowest BCUT2D eigenvalue weighted by Crippen LogP contribution is -2.17. The van der Waals surface area contributed by atoms with Gasteiger partial charge in [0.15, 0.2) is 0 Å². The molecule has 3 aromatic rings.